The molecule has 0 aliphatic carbocycles. The number of halogens is 1. The van der Waals surface area contributed by atoms with Gasteiger partial charge in [0.05, 0.1) is 12.1 Å². The van der Waals surface area contributed by atoms with Gasteiger partial charge in [0, 0.05) is 43.5 Å². The van der Waals surface area contributed by atoms with Crippen LogP contribution in [0.2, 0.25) is 5.02 Å². The van der Waals surface area contributed by atoms with E-state index in [1.165, 1.54) is 6.20 Å². The number of carbonyl (C=O) groups excluding carboxylic acids is 1. The summed E-state index contributed by atoms with van der Waals surface area (Å²) < 4.78 is 3.45. The number of benzene rings is 1. The molecule has 28 heavy (non-hydrogen) atoms. The Hall–Kier alpha value is -3.06. The van der Waals surface area contributed by atoms with E-state index in [4.69, 9.17) is 11.6 Å². The third-order valence-corrected chi connectivity index (χ3v) is 5.46. The molecule has 1 aliphatic rings. The van der Waals surface area contributed by atoms with Crippen LogP contribution in [0.4, 0.5) is 0 Å². The van der Waals surface area contributed by atoms with Gasteiger partial charge in [-0.15, -0.1) is 0 Å². The van der Waals surface area contributed by atoms with Gasteiger partial charge < -0.3 is 14.6 Å². The van der Waals surface area contributed by atoms with Crippen molar-refractivity contribution in [1.82, 2.24) is 19.2 Å². The Kier molecular flexibility index (Phi) is 4.68. The highest BCUT2D eigenvalue weighted by Crippen LogP contribution is 2.34. The van der Waals surface area contributed by atoms with Crippen LogP contribution in [0, 0.1) is 5.92 Å². The fraction of sp³-hybridized carbons (Fsp3) is 0.250. The Balaban J connectivity index is 1.64. The molecule has 1 amide bonds. The van der Waals surface area contributed by atoms with Crippen molar-refractivity contribution in [2.24, 2.45) is 13.0 Å². The Morgan fingerprint density at radius 1 is 1.14 bits per heavy atom. The van der Waals surface area contributed by atoms with E-state index in [-0.39, 0.29) is 18.4 Å². The summed E-state index contributed by atoms with van der Waals surface area (Å²) in [6.07, 6.45) is 5.21. The van der Waals surface area contributed by atoms with Crippen LogP contribution in [0.1, 0.15) is 21.8 Å². The summed E-state index contributed by atoms with van der Waals surface area (Å²) in [7, 11) is 1.77. The number of amides is 1. The van der Waals surface area contributed by atoms with E-state index in [9.17, 15) is 14.7 Å². The minimum atomic E-state index is -0.910. The summed E-state index contributed by atoms with van der Waals surface area (Å²) in [4.78, 5) is 26.7. The first-order valence-electron chi connectivity index (χ1n) is 8.88. The number of hydrogen-bond donors (Lipinski definition) is 1. The van der Waals surface area contributed by atoms with Crippen LogP contribution in [0.25, 0.3) is 5.82 Å². The summed E-state index contributed by atoms with van der Waals surface area (Å²) in [5.41, 5.74) is 1.31. The van der Waals surface area contributed by atoms with Crippen LogP contribution in [0.5, 0.6) is 0 Å². The average Bonchev–Trinajstić information content (AvgIpc) is 3.40. The topological polar surface area (TPSA) is 80.4 Å². The molecule has 7 nitrogen and oxygen atoms in total. The Morgan fingerprint density at radius 3 is 2.46 bits per heavy atom. The highest BCUT2D eigenvalue weighted by molar-refractivity contribution is 6.30. The Bertz CT molecular complexity index is 1010. The van der Waals surface area contributed by atoms with Crippen molar-refractivity contribution in [3.05, 3.63) is 71.1 Å². The van der Waals surface area contributed by atoms with Gasteiger partial charge in [-0.2, -0.15) is 5.10 Å². The number of aliphatic carboxylic acids is 1. The fourth-order valence-corrected chi connectivity index (χ4v) is 3.93. The van der Waals surface area contributed by atoms with Crippen LogP contribution in [-0.2, 0) is 11.8 Å². The largest absolute Gasteiger partial charge is 0.481 e. The van der Waals surface area contributed by atoms with Crippen molar-refractivity contribution in [2.45, 2.75) is 5.92 Å². The molecule has 1 saturated heterocycles. The normalized spacial score (nSPS) is 19.1. The first-order valence-corrected chi connectivity index (χ1v) is 9.26. The van der Waals surface area contributed by atoms with Gasteiger partial charge in [0.25, 0.3) is 5.91 Å². The molecule has 1 aliphatic heterocycles. The Labute approximate surface area is 166 Å². The molecule has 0 unspecified atom stereocenters. The van der Waals surface area contributed by atoms with E-state index in [2.05, 4.69) is 5.10 Å². The lowest BCUT2D eigenvalue weighted by molar-refractivity contribution is -0.141. The minimum absolute atomic E-state index is 0.154. The van der Waals surface area contributed by atoms with Crippen LogP contribution in [0.3, 0.4) is 0 Å². The second-order valence-corrected chi connectivity index (χ2v) is 7.35. The second-order valence-electron chi connectivity index (χ2n) is 6.91. The fourth-order valence-electron chi connectivity index (χ4n) is 3.80. The van der Waals surface area contributed by atoms with E-state index in [0.717, 1.165) is 5.56 Å². The predicted molar refractivity (Wildman–Crippen MR) is 104 cm³/mol. The van der Waals surface area contributed by atoms with Crippen molar-refractivity contribution in [2.75, 3.05) is 13.1 Å². The highest BCUT2D eigenvalue weighted by atomic mass is 35.5. The zero-order valence-electron chi connectivity index (χ0n) is 15.2. The molecular weight excluding hydrogens is 380 g/mol. The maximum Gasteiger partial charge on any atom is 0.308 e. The lowest BCUT2D eigenvalue weighted by atomic mass is 9.89. The van der Waals surface area contributed by atoms with E-state index in [1.54, 1.807) is 28.8 Å². The number of carbonyl (C=O) groups is 2. The molecule has 2 aromatic heterocycles. The molecule has 0 saturated carbocycles. The third-order valence-electron chi connectivity index (χ3n) is 5.21. The van der Waals surface area contributed by atoms with Crippen LogP contribution >= 0.6 is 11.6 Å². The van der Waals surface area contributed by atoms with Gasteiger partial charge in [-0.1, -0.05) is 23.7 Å². The monoisotopic (exact) mass is 398 g/mol. The van der Waals surface area contributed by atoms with Crippen molar-refractivity contribution >= 4 is 23.5 Å². The van der Waals surface area contributed by atoms with E-state index >= 15 is 0 Å². The van der Waals surface area contributed by atoms with Gasteiger partial charge in [-0.05, 0) is 29.8 Å². The summed E-state index contributed by atoms with van der Waals surface area (Å²) in [5, 5.41) is 14.5. The summed E-state index contributed by atoms with van der Waals surface area (Å²) >= 11 is 5.95. The second kappa shape index (κ2) is 7.16. The molecule has 0 bridgehead atoms. The maximum atomic E-state index is 13.2. The van der Waals surface area contributed by atoms with Crippen LogP contribution in [-0.4, -0.2) is 49.3 Å². The lowest BCUT2D eigenvalue weighted by Crippen LogP contribution is -2.30. The molecule has 4 rings (SSSR count). The summed E-state index contributed by atoms with van der Waals surface area (Å²) in [6, 6.07) is 10.9. The number of aromatic nitrogens is 3. The molecular formula is C20H19ClN4O3. The van der Waals surface area contributed by atoms with Crippen molar-refractivity contribution in [3.63, 3.8) is 0 Å². The highest BCUT2D eigenvalue weighted by Gasteiger charge is 2.41. The number of nitrogens with zero attached hydrogens (tertiary/aromatic N) is 4. The first kappa shape index (κ1) is 18.3. The lowest BCUT2D eigenvalue weighted by Gasteiger charge is -2.17. The van der Waals surface area contributed by atoms with Crippen LogP contribution in [0.15, 0.2) is 55.0 Å². The molecule has 0 spiro atoms. The zero-order valence-corrected chi connectivity index (χ0v) is 16.0. The molecule has 3 heterocycles. The summed E-state index contributed by atoms with van der Waals surface area (Å²) in [6.45, 7) is 0.485. The maximum absolute atomic E-state index is 13.2. The van der Waals surface area contributed by atoms with E-state index in [1.807, 2.05) is 41.2 Å². The summed E-state index contributed by atoms with van der Waals surface area (Å²) in [5.74, 6) is -1.44. The van der Waals surface area contributed by atoms with Crippen molar-refractivity contribution in [1.29, 1.82) is 0 Å². The minimum Gasteiger partial charge on any atom is -0.481 e. The number of carboxylic acid groups (broad SMARTS) is 1. The smallest absolute Gasteiger partial charge is 0.308 e. The van der Waals surface area contributed by atoms with Gasteiger partial charge in [0.1, 0.15) is 11.4 Å². The molecule has 2 atom stereocenters. The van der Waals surface area contributed by atoms with E-state index < -0.39 is 11.9 Å². The number of rotatable bonds is 4. The first-order chi connectivity index (χ1) is 13.5. The SMILES string of the molecule is Cn1ncc(C(=O)N2C[C@@H](C(=O)O)[C@H](c3ccc(Cl)cc3)C2)c1-n1cccc1. The molecule has 1 aromatic carbocycles. The standard InChI is InChI=1S/C20H19ClN4O3/c1-23-18(24-8-2-3-9-24)15(10-22-23)19(26)25-11-16(17(12-25)20(27)28)13-4-6-14(21)7-5-13/h2-10,16-17H,11-12H2,1H3,(H,27,28)/t16-,17+/m0/s1. The van der Waals surface area contributed by atoms with Gasteiger partial charge >= 0.3 is 5.97 Å². The molecule has 1 fully saturated rings. The predicted octanol–water partition coefficient (Wildman–Crippen LogP) is 2.80. The number of likely N-dealkylation sites (tertiary alicyclic amines) is 1. The molecule has 1 N–H and O–H groups in total. The van der Waals surface area contributed by atoms with Gasteiger partial charge in [-0.25, -0.2) is 0 Å². The number of aryl methyl sites for hydroxylation is 1. The van der Waals surface area contributed by atoms with Crippen molar-refractivity contribution < 1.29 is 14.7 Å². The number of hydrogen-bond acceptors (Lipinski definition) is 3. The van der Waals surface area contributed by atoms with Crippen molar-refractivity contribution in [3.8, 4) is 5.82 Å². The quantitative estimate of drug-likeness (QED) is 0.732. The third kappa shape index (κ3) is 3.18. The average molecular weight is 399 g/mol. The Morgan fingerprint density at radius 2 is 1.82 bits per heavy atom. The van der Waals surface area contributed by atoms with Gasteiger partial charge in [-0.3, -0.25) is 14.3 Å². The molecule has 0 radical (unpaired) electrons. The number of carboxylic acids is 1. The van der Waals surface area contributed by atoms with Gasteiger partial charge in [0.15, 0.2) is 0 Å². The molecule has 3 aromatic rings. The van der Waals surface area contributed by atoms with Gasteiger partial charge in [0.2, 0.25) is 0 Å². The molecule has 8 heteroatoms. The zero-order chi connectivity index (χ0) is 19.8. The van der Waals surface area contributed by atoms with E-state index in [0.29, 0.717) is 22.9 Å². The molecule has 144 valence electrons. The van der Waals surface area contributed by atoms with Crippen LogP contribution < -0.4 is 0 Å².